The van der Waals surface area contributed by atoms with Crippen LogP contribution in [0.2, 0.25) is 0 Å². The largest absolute Gasteiger partial charge is 0.496 e. The molecule has 0 aliphatic carbocycles. The zero-order chi connectivity index (χ0) is 26.1. The fourth-order valence-electron chi connectivity index (χ4n) is 5.21. The number of hydrogen-bond donors (Lipinski definition) is 0. The van der Waals surface area contributed by atoms with Gasteiger partial charge in [-0.05, 0) is 69.0 Å². The van der Waals surface area contributed by atoms with Crippen LogP contribution in [0, 0.1) is 6.92 Å². The first kappa shape index (κ1) is 25.0. The molecular weight excluding hydrogens is 486 g/mol. The molecule has 2 aliphatic heterocycles. The Hall–Kier alpha value is -3.65. The van der Waals surface area contributed by atoms with Crippen molar-refractivity contribution in [3.63, 3.8) is 0 Å². The quantitative estimate of drug-likeness (QED) is 0.466. The van der Waals surface area contributed by atoms with Crippen LogP contribution in [0.5, 0.6) is 5.75 Å². The van der Waals surface area contributed by atoms with Crippen LogP contribution in [0.25, 0.3) is 6.08 Å². The first-order chi connectivity index (χ1) is 17.9. The number of aromatic nitrogens is 1. The summed E-state index contributed by atoms with van der Waals surface area (Å²) in [5.74, 6) is 0.105. The second-order valence-corrected chi connectivity index (χ2v) is 10.3. The monoisotopic (exact) mass is 517 g/mol. The summed E-state index contributed by atoms with van der Waals surface area (Å²) >= 11 is 1.33. The molecule has 0 spiro atoms. The molecule has 0 radical (unpaired) electrons. The molecule has 37 heavy (non-hydrogen) atoms. The second kappa shape index (κ2) is 10.4. The number of rotatable bonds is 6. The fourth-order valence-corrected chi connectivity index (χ4v) is 6.26. The highest BCUT2D eigenvalue weighted by molar-refractivity contribution is 7.07. The predicted octanol–water partition coefficient (Wildman–Crippen LogP) is 3.72. The van der Waals surface area contributed by atoms with Crippen LogP contribution in [0.3, 0.4) is 0 Å². The van der Waals surface area contributed by atoms with E-state index < -0.39 is 12.0 Å². The molecule has 1 fully saturated rings. The molecule has 0 unspecified atom stereocenters. The molecule has 8 heteroatoms. The Balaban J connectivity index is 1.65. The van der Waals surface area contributed by atoms with Crippen molar-refractivity contribution < 1.29 is 14.3 Å². The third kappa shape index (κ3) is 4.62. The Morgan fingerprint density at radius 2 is 1.92 bits per heavy atom. The molecule has 192 valence electrons. The molecule has 3 aromatic rings. The standard InChI is InChI=1S/C29H31N3O4S/c1-5-36-28(34)25-19(3)30-29-32(26(25)21-10-6-7-11-23(21)35-4)27(33)24(37-29)17-20-12-13-22(18(2)16-20)31-14-8-9-15-31/h6-7,10-13,16-17,26H,5,8-9,14-15H2,1-4H3/b24-17+/t26-/m0/s1. The van der Waals surface area contributed by atoms with Gasteiger partial charge in [-0.15, -0.1) is 0 Å². The van der Waals surface area contributed by atoms with E-state index >= 15 is 0 Å². The van der Waals surface area contributed by atoms with Crippen LogP contribution in [-0.4, -0.2) is 37.3 Å². The number of hydrogen-bond acceptors (Lipinski definition) is 7. The summed E-state index contributed by atoms with van der Waals surface area (Å²) in [6.45, 7) is 8.06. The number of thiazole rings is 1. The maximum absolute atomic E-state index is 13.9. The van der Waals surface area contributed by atoms with E-state index in [0.29, 0.717) is 31.9 Å². The number of anilines is 1. The average Bonchev–Trinajstić information content (AvgIpc) is 3.52. The first-order valence-corrected chi connectivity index (χ1v) is 13.4. The Bertz CT molecular complexity index is 1560. The van der Waals surface area contributed by atoms with Gasteiger partial charge in [0.15, 0.2) is 4.80 Å². The van der Waals surface area contributed by atoms with Gasteiger partial charge in [-0.3, -0.25) is 9.36 Å². The molecule has 2 aromatic carbocycles. The van der Waals surface area contributed by atoms with Crippen molar-refractivity contribution in [3.8, 4) is 5.75 Å². The number of carbonyl (C=O) groups excluding carboxylic acids is 1. The van der Waals surface area contributed by atoms with Gasteiger partial charge in [-0.2, -0.15) is 0 Å². The van der Waals surface area contributed by atoms with Crippen LogP contribution in [0.15, 0.2) is 63.5 Å². The molecule has 0 bridgehead atoms. The van der Waals surface area contributed by atoms with E-state index in [4.69, 9.17) is 9.47 Å². The lowest BCUT2D eigenvalue weighted by molar-refractivity contribution is -0.139. The maximum Gasteiger partial charge on any atom is 0.338 e. The summed E-state index contributed by atoms with van der Waals surface area (Å²) < 4.78 is 13.2. The van der Waals surface area contributed by atoms with Crippen molar-refractivity contribution in [1.82, 2.24) is 4.57 Å². The topological polar surface area (TPSA) is 73.1 Å². The summed E-state index contributed by atoms with van der Waals surface area (Å²) in [6, 6.07) is 13.1. The number of aryl methyl sites for hydroxylation is 1. The van der Waals surface area contributed by atoms with Gasteiger partial charge >= 0.3 is 5.97 Å². The lowest BCUT2D eigenvalue weighted by atomic mass is 9.95. The molecule has 0 saturated carbocycles. The zero-order valence-corrected chi connectivity index (χ0v) is 22.4. The molecule has 7 nitrogen and oxygen atoms in total. The van der Waals surface area contributed by atoms with Crippen LogP contribution >= 0.6 is 11.3 Å². The van der Waals surface area contributed by atoms with Crippen LogP contribution in [0.1, 0.15) is 49.4 Å². The van der Waals surface area contributed by atoms with E-state index in [1.807, 2.05) is 30.3 Å². The average molecular weight is 518 g/mol. The van der Waals surface area contributed by atoms with E-state index in [9.17, 15) is 9.59 Å². The SMILES string of the molecule is CCOC(=O)C1=C(C)N=c2s/c(=C/c3ccc(N4CCCC4)c(C)c3)c(=O)n2[C@H]1c1ccccc1OC. The zero-order valence-electron chi connectivity index (χ0n) is 21.6. The van der Waals surface area contributed by atoms with Crippen LogP contribution in [0.4, 0.5) is 5.69 Å². The van der Waals surface area contributed by atoms with E-state index in [0.717, 1.165) is 18.7 Å². The van der Waals surface area contributed by atoms with Crippen molar-refractivity contribution in [3.05, 3.63) is 90.1 Å². The van der Waals surface area contributed by atoms with Crippen molar-refractivity contribution in [2.24, 2.45) is 4.99 Å². The number of allylic oxidation sites excluding steroid dienone is 1. The van der Waals surface area contributed by atoms with Gasteiger partial charge in [-0.1, -0.05) is 35.6 Å². The third-order valence-corrected chi connectivity index (χ3v) is 7.90. The Labute approximate surface area is 220 Å². The lowest BCUT2D eigenvalue weighted by Gasteiger charge is -2.25. The predicted molar refractivity (Wildman–Crippen MR) is 146 cm³/mol. The van der Waals surface area contributed by atoms with Gasteiger partial charge in [0.1, 0.15) is 11.8 Å². The van der Waals surface area contributed by atoms with Crippen molar-refractivity contribution in [2.45, 2.75) is 39.7 Å². The Morgan fingerprint density at radius 1 is 1.16 bits per heavy atom. The number of methoxy groups -OCH3 is 1. The smallest absolute Gasteiger partial charge is 0.338 e. The van der Waals surface area contributed by atoms with Crippen molar-refractivity contribution in [2.75, 3.05) is 31.7 Å². The summed E-state index contributed by atoms with van der Waals surface area (Å²) in [6.07, 6.45) is 4.36. The molecule has 1 aromatic heterocycles. The summed E-state index contributed by atoms with van der Waals surface area (Å²) in [5, 5.41) is 0. The van der Waals surface area contributed by atoms with E-state index in [2.05, 4.69) is 35.0 Å². The van der Waals surface area contributed by atoms with Gasteiger partial charge < -0.3 is 14.4 Å². The molecule has 3 heterocycles. The minimum Gasteiger partial charge on any atom is -0.496 e. The number of esters is 1. The normalized spacial score (nSPS) is 17.6. The molecule has 0 amide bonds. The highest BCUT2D eigenvalue weighted by Gasteiger charge is 2.34. The number of para-hydroxylation sites is 1. The number of benzene rings is 2. The number of carbonyl (C=O) groups is 1. The van der Waals surface area contributed by atoms with Crippen molar-refractivity contribution in [1.29, 1.82) is 0 Å². The van der Waals surface area contributed by atoms with E-state index in [1.165, 1.54) is 35.4 Å². The van der Waals surface area contributed by atoms with Crippen molar-refractivity contribution >= 4 is 29.1 Å². The van der Waals surface area contributed by atoms with Gasteiger partial charge in [0.25, 0.3) is 5.56 Å². The number of ether oxygens (including phenoxy) is 2. The van der Waals surface area contributed by atoms with Gasteiger partial charge in [0.2, 0.25) is 0 Å². The van der Waals surface area contributed by atoms with Gasteiger partial charge in [-0.25, -0.2) is 9.79 Å². The minimum atomic E-state index is -0.701. The number of nitrogens with zero attached hydrogens (tertiary/aromatic N) is 3. The molecule has 5 rings (SSSR count). The Kier molecular flexibility index (Phi) is 7.02. The first-order valence-electron chi connectivity index (χ1n) is 12.6. The molecule has 1 atom stereocenters. The molecule has 2 aliphatic rings. The van der Waals surface area contributed by atoms with Gasteiger partial charge in [0, 0.05) is 24.3 Å². The second-order valence-electron chi connectivity index (χ2n) is 9.28. The van der Waals surface area contributed by atoms with Crippen LogP contribution < -0.4 is 24.5 Å². The summed E-state index contributed by atoms with van der Waals surface area (Å²) in [4.78, 5) is 34.6. The molecular formula is C29H31N3O4S. The van der Waals surface area contributed by atoms with Gasteiger partial charge in [0.05, 0.1) is 29.5 Å². The van der Waals surface area contributed by atoms with Crippen LogP contribution in [-0.2, 0) is 9.53 Å². The van der Waals surface area contributed by atoms with E-state index in [-0.39, 0.29) is 12.2 Å². The maximum atomic E-state index is 13.9. The number of fused-ring (bicyclic) bond motifs is 1. The third-order valence-electron chi connectivity index (χ3n) is 6.92. The van der Waals surface area contributed by atoms with E-state index in [1.54, 1.807) is 25.5 Å². The fraction of sp³-hybridized carbons (Fsp3) is 0.345. The Morgan fingerprint density at radius 3 is 2.62 bits per heavy atom. The molecule has 0 N–H and O–H groups in total. The lowest BCUT2D eigenvalue weighted by Crippen LogP contribution is -2.40. The summed E-state index contributed by atoms with van der Waals surface area (Å²) in [7, 11) is 1.58. The minimum absolute atomic E-state index is 0.199. The highest BCUT2D eigenvalue weighted by atomic mass is 32.1. The highest BCUT2D eigenvalue weighted by Crippen LogP contribution is 2.35. The molecule has 1 saturated heterocycles. The summed E-state index contributed by atoms with van der Waals surface area (Å²) in [5.41, 5.74) is 4.79.